The van der Waals surface area contributed by atoms with Crippen LogP contribution >= 0.6 is 0 Å². The molecule has 2 aromatic heterocycles. The molecular weight excluding hydrogens is 142 g/mol. The van der Waals surface area contributed by atoms with Crippen LogP contribution in [0.25, 0.3) is 11.0 Å². The van der Waals surface area contributed by atoms with Gasteiger partial charge < -0.3 is 15.7 Å². The molecule has 0 saturated heterocycles. The van der Waals surface area contributed by atoms with Gasteiger partial charge in [-0.25, -0.2) is 0 Å². The molecule has 0 saturated carbocycles. The highest BCUT2D eigenvalue weighted by Gasteiger charge is 1.98. The SMILES string of the molecule is Nc1c[nH]c2ccc(=O)[nH]c12. The summed E-state index contributed by atoms with van der Waals surface area (Å²) >= 11 is 0. The van der Waals surface area contributed by atoms with Gasteiger partial charge in [0.25, 0.3) is 0 Å². The van der Waals surface area contributed by atoms with Crippen molar-refractivity contribution in [2.75, 3.05) is 5.73 Å². The zero-order chi connectivity index (χ0) is 7.84. The molecule has 0 fully saturated rings. The number of anilines is 1. The van der Waals surface area contributed by atoms with Crippen molar-refractivity contribution >= 4 is 16.7 Å². The molecule has 0 amide bonds. The van der Waals surface area contributed by atoms with Crippen LogP contribution in [-0.4, -0.2) is 9.97 Å². The quantitative estimate of drug-likeness (QED) is 0.508. The number of fused-ring (bicyclic) bond motifs is 1. The van der Waals surface area contributed by atoms with Gasteiger partial charge in [-0.05, 0) is 6.07 Å². The molecule has 0 bridgehead atoms. The molecule has 2 aromatic rings. The molecule has 4 nitrogen and oxygen atoms in total. The maximum Gasteiger partial charge on any atom is 0.248 e. The molecule has 0 aliphatic heterocycles. The van der Waals surface area contributed by atoms with Gasteiger partial charge in [-0.2, -0.15) is 0 Å². The van der Waals surface area contributed by atoms with Crippen LogP contribution in [0.3, 0.4) is 0 Å². The van der Waals surface area contributed by atoms with Crippen LogP contribution < -0.4 is 11.3 Å². The first-order valence-corrected chi connectivity index (χ1v) is 3.23. The minimum atomic E-state index is -0.135. The number of pyridine rings is 1. The van der Waals surface area contributed by atoms with E-state index in [2.05, 4.69) is 9.97 Å². The first-order valence-electron chi connectivity index (χ1n) is 3.23. The van der Waals surface area contributed by atoms with Crippen molar-refractivity contribution in [1.82, 2.24) is 9.97 Å². The number of hydrogen-bond acceptors (Lipinski definition) is 2. The normalized spacial score (nSPS) is 10.5. The second-order valence-electron chi connectivity index (χ2n) is 2.36. The van der Waals surface area contributed by atoms with E-state index in [1.54, 1.807) is 12.3 Å². The summed E-state index contributed by atoms with van der Waals surface area (Å²) in [5.41, 5.74) is 7.50. The smallest absolute Gasteiger partial charge is 0.248 e. The van der Waals surface area contributed by atoms with Crippen molar-refractivity contribution < 1.29 is 0 Å². The zero-order valence-electron chi connectivity index (χ0n) is 5.72. The predicted molar refractivity (Wildman–Crippen MR) is 43.3 cm³/mol. The van der Waals surface area contributed by atoms with E-state index in [4.69, 9.17) is 5.73 Å². The summed E-state index contributed by atoms with van der Waals surface area (Å²) in [5.74, 6) is 0. The minimum absolute atomic E-state index is 0.135. The van der Waals surface area contributed by atoms with Gasteiger partial charge in [0.2, 0.25) is 5.56 Å². The lowest BCUT2D eigenvalue weighted by Gasteiger charge is -1.88. The van der Waals surface area contributed by atoms with Gasteiger partial charge in [-0.15, -0.1) is 0 Å². The summed E-state index contributed by atoms with van der Waals surface area (Å²) in [5, 5.41) is 0. The Bertz CT molecular complexity index is 440. The Kier molecular flexibility index (Phi) is 1.03. The van der Waals surface area contributed by atoms with Gasteiger partial charge >= 0.3 is 0 Å². The number of nitrogens with two attached hydrogens (primary N) is 1. The molecule has 2 rings (SSSR count). The van der Waals surface area contributed by atoms with Gasteiger partial charge in [0, 0.05) is 12.3 Å². The molecule has 56 valence electrons. The fourth-order valence-electron chi connectivity index (χ4n) is 1.05. The molecule has 0 atom stereocenters. The van der Waals surface area contributed by atoms with E-state index >= 15 is 0 Å². The zero-order valence-corrected chi connectivity index (χ0v) is 5.72. The first kappa shape index (κ1) is 6.03. The van der Waals surface area contributed by atoms with E-state index in [0.29, 0.717) is 11.2 Å². The van der Waals surface area contributed by atoms with Crippen molar-refractivity contribution in [3.8, 4) is 0 Å². The molecule has 0 aliphatic carbocycles. The highest BCUT2D eigenvalue weighted by molar-refractivity contribution is 5.86. The Morgan fingerprint density at radius 1 is 1.36 bits per heavy atom. The Balaban J connectivity index is 2.98. The van der Waals surface area contributed by atoms with Gasteiger partial charge in [-0.1, -0.05) is 0 Å². The summed E-state index contributed by atoms with van der Waals surface area (Å²) in [6, 6.07) is 3.16. The van der Waals surface area contributed by atoms with E-state index in [1.165, 1.54) is 6.07 Å². The fourth-order valence-corrected chi connectivity index (χ4v) is 1.05. The van der Waals surface area contributed by atoms with Crippen LogP contribution in [0.5, 0.6) is 0 Å². The molecule has 4 N–H and O–H groups in total. The number of nitrogens with one attached hydrogen (secondary N) is 2. The van der Waals surface area contributed by atoms with E-state index in [-0.39, 0.29) is 5.56 Å². The molecule has 0 aliphatic rings. The van der Waals surface area contributed by atoms with E-state index in [0.717, 1.165) is 5.52 Å². The number of hydrogen-bond donors (Lipinski definition) is 3. The summed E-state index contributed by atoms with van der Waals surface area (Å²) in [6.07, 6.45) is 1.65. The highest BCUT2D eigenvalue weighted by atomic mass is 16.1. The maximum atomic E-state index is 10.8. The topological polar surface area (TPSA) is 74.7 Å². The fraction of sp³-hybridized carbons (Fsp3) is 0. The Labute approximate surface area is 62.0 Å². The lowest BCUT2D eigenvalue weighted by Crippen LogP contribution is -2.02. The molecule has 0 spiro atoms. The highest BCUT2D eigenvalue weighted by Crippen LogP contribution is 2.14. The average Bonchev–Trinajstić information content (AvgIpc) is 2.33. The van der Waals surface area contributed by atoms with Crippen LogP contribution in [0.4, 0.5) is 5.69 Å². The molecule has 2 heterocycles. The largest absolute Gasteiger partial charge is 0.396 e. The second kappa shape index (κ2) is 1.88. The molecule has 0 radical (unpaired) electrons. The van der Waals surface area contributed by atoms with E-state index in [1.807, 2.05) is 0 Å². The Hall–Kier alpha value is -1.71. The van der Waals surface area contributed by atoms with Crippen LogP contribution in [0.15, 0.2) is 23.1 Å². The first-order chi connectivity index (χ1) is 5.27. The van der Waals surface area contributed by atoms with Gasteiger partial charge in [0.1, 0.15) is 0 Å². The van der Waals surface area contributed by atoms with Crippen molar-refractivity contribution in [2.24, 2.45) is 0 Å². The van der Waals surface area contributed by atoms with Crippen LogP contribution in [0.2, 0.25) is 0 Å². The Morgan fingerprint density at radius 2 is 2.18 bits per heavy atom. The maximum absolute atomic E-state index is 10.8. The summed E-state index contributed by atoms with van der Waals surface area (Å²) in [6.45, 7) is 0. The van der Waals surface area contributed by atoms with Crippen molar-refractivity contribution in [1.29, 1.82) is 0 Å². The minimum Gasteiger partial charge on any atom is -0.396 e. The van der Waals surface area contributed by atoms with E-state index < -0.39 is 0 Å². The third-order valence-electron chi connectivity index (χ3n) is 1.59. The van der Waals surface area contributed by atoms with E-state index in [9.17, 15) is 4.79 Å². The number of nitrogen functional groups attached to an aromatic ring is 1. The lowest BCUT2D eigenvalue weighted by atomic mass is 10.3. The monoisotopic (exact) mass is 149 g/mol. The number of aromatic amines is 2. The molecule has 4 heteroatoms. The van der Waals surface area contributed by atoms with Crippen LogP contribution in [0.1, 0.15) is 0 Å². The molecular formula is C7H7N3O. The number of H-pyrrole nitrogens is 2. The van der Waals surface area contributed by atoms with Crippen LogP contribution in [0, 0.1) is 0 Å². The van der Waals surface area contributed by atoms with Crippen molar-refractivity contribution in [2.45, 2.75) is 0 Å². The lowest BCUT2D eigenvalue weighted by molar-refractivity contribution is 1.31. The number of aromatic nitrogens is 2. The average molecular weight is 149 g/mol. The molecule has 11 heavy (non-hydrogen) atoms. The summed E-state index contributed by atoms with van der Waals surface area (Å²) < 4.78 is 0. The van der Waals surface area contributed by atoms with Gasteiger partial charge in [-0.3, -0.25) is 4.79 Å². The van der Waals surface area contributed by atoms with Crippen LogP contribution in [-0.2, 0) is 0 Å². The third kappa shape index (κ3) is 0.797. The van der Waals surface area contributed by atoms with Crippen molar-refractivity contribution in [3.05, 3.63) is 28.7 Å². The standard InChI is InChI=1S/C7H7N3O/c8-4-3-9-5-1-2-6(11)10-7(4)5/h1-3,9H,8H2,(H,10,11). The Morgan fingerprint density at radius 3 is 3.00 bits per heavy atom. The summed E-state index contributed by atoms with van der Waals surface area (Å²) in [7, 11) is 0. The molecule has 0 unspecified atom stereocenters. The number of rotatable bonds is 0. The van der Waals surface area contributed by atoms with Gasteiger partial charge in [0.15, 0.2) is 0 Å². The van der Waals surface area contributed by atoms with Gasteiger partial charge in [0.05, 0.1) is 16.7 Å². The second-order valence-corrected chi connectivity index (χ2v) is 2.36. The summed E-state index contributed by atoms with van der Waals surface area (Å²) in [4.78, 5) is 16.4. The van der Waals surface area contributed by atoms with Crippen molar-refractivity contribution in [3.63, 3.8) is 0 Å². The third-order valence-corrected chi connectivity index (χ3v) is 1.59. The molecule has 0 aromatic carbocycles. The predicted octanol–water partition coefficient (Wildman–Crippen LogP) is 0.438.